The Hall–Kier alpha value is -1.09. The van der Waals surface area contributed by atoms with Crippen molar-refractivity contribution in [3.63, 3.8) is 0 Å². The Bertz CT molecular complexity index is 473. The molecule has 1 amide bonds. The molecule has 2 rings (SSSR count). The third-order valence-electron chi connectivity index (χ3n) is 3.85. The van der Waals surface area contributed by atoms with Crippen molar-refractivity contribution in [2.75, 3.05) is 0 Å². The van der Waals surface area contributed by atoms with Crippen LogP contribution in [0.25, 0.3) is 0 Å². The molecule has 0 aliphatic heterocycles. The minimum absolute atomic E-state index is 0.0371. The van der Waals surface area contributed by atoms with Crippen molar-refractivity contribution < 1.29 is 4.79 Å². The average molecular weight is 281 g/mol. The van der Waals surface area contributed by atoms with Gasteiger partial charge in [-0.3, -0.25) is 4.79 Å². The molecular weight excluding hydrogens is 260 g/mol. The van der Waals surface area contributed by atoms with Crippen molar-refractivity contribution in [3.05, 3.63) is 28.5 Å². The van der Waals surface area contributed by atoms with E-state index < -0.39 is 0 Å². The van der Waals surface area contributed by atoms with Gasteiger partial charge in [0.15, 0.2) is 0 Å². The first-order valence-corrected chi connectivity index (χ1v) is 7.33. The van der Waals surface area contributed by atoms with Crippen molar-refractivity contribution in [2.45, 2.75) is 52.0 Å². The zero-order valence-electron chi connectivity index (χ0n) is 11.7. The normalized spacial score (nSPS) is 22.8. The van der Waals surface area contributed by atoms with E-state index in [-0.39, 0.29) is 11.8 Å². The summed E-state index contributed by atoms with van der Waals surface area (Å²) in [5.41, 5.74) is 1.47. The minimum atomic E-state index is -0.0371. The fourth-order valence-electron chi connectivity index (χ4n) is 2.56. The number of nitrogens with zero attached hydrogens (tertiary/aromatic N) is 1. The summed E-state index contributed by atoms with van der Waals surface area (Å²) in [6.07, 6.45) is 3.46. The molecule has 19 heavy (non-hydrogen) atoms. The highest BCUT2D eigenvalue weighted by Gasteiger charge is 2.25. The van der Waals surface area contributed by atoms with Gasteiger partial charge in [-0.25, -0.2) is 4.98 Å². The van der Waals surface area contributed by atoms with E-state index in [4.69, 9.17) is 11.6 Å². The van der Waals surface area contributed by atoms with Crippen LogP contribution in [-0.2, 0) is 0 Å². The highest BCUT2D eigenvalue weighted by molar-refractivity contribution is 6.29. The molecule has 0 saturated heterocycles. The summed E-state index contributed by atoms with van der Waals surface area (Å²) < 4.78 is 0. The molecule has 1 aromatic heterocycles. The van der Waals surface area contributed by atoms with E-state index in [1.54, 1.807) is 6.07 Å². The van der Waals surface area contributed by atoms with Crippen LogP contribution in [0.1, 0.15) is 62.0 Å². The Kier molecular flexibility index (Phi) is 4.46. The molecule has 1 N–H and O–H groups in total. The molecule has 0 bridgehead atoms. The lowest BCUT2D eigenvalue weighted by Crippen LogP contribution is -2.36. The van der Waals surface area contributed by atoms with E-state index in [0.717, 1.165) is 12.1 Å². The van der Waals surface area contributed by atoms with Crippen LogP contribution in [0.4, 0.5) is 0 Å². The molecule has 1 heterocycles. The van der Waals surface area contributed by atoms with Gasteiger partial charge in [-0.2, -0.15) is 0 Å². The van der Waals surface area contributed by atoms with Crippen molar-refractivity contribution in [1.29, 1.82) is 0 Å². The highest BCUT2D eigenvalue weighted by atomic mass is 35.5. The lowest BCUT2D eigenvalue weighted by atomic mass is 10.0. The van der Waals surface area contributed by atoms with Gasteiger partial charge in [0.05, 0.1) is 0 Å². The summed E-state index contributed by atoms with van der Waals surface area (Å²) in [4.78, 5) is 16.5. The monoisotopic (exact) mass is 280 g/mol. The largest absolute Gasteiger partial charge is 0.349 e. The fourth-order valence-corrected chi connectivity index (χ4v) is 2.77. The molecule has 3 nitrogen and oxygen atoms in total. The Morgan fingerprint density at radius 2 is 2.16 bits per heavy atom. The number of carbonyl (C=O) groups is 1. The Balaban J connectivity index is 2.14. The van der Waals surface area contributed by atoms with Gasteiger partial charge >= 0.3 is 0 Å². The molecule has 2 unspecified atom stereocenters. The van der Waals surface area contributed by atoms with Crippen LogP contribution in [0.15, 0.2) is 12.1 Å². The standard InChI is InChI=1S/C15H21ClN2O/c1-9(2)13-7-11(8-14(16)17-13)15(19)18-12-6-4-5-10(12)3/h7-10,12H,4-6H2,1-3H3,(H,18,19). The molecule has 1 fully saturated rings. The van der Waals surface area contributed by atoms with E-state index in [2.05, 4.69) is 17.2 Å². The predicted molar refractivity (Wildman–Crippen MR) is 77.6 cm³/mol. The van der Waals surface area contributed by atoms with Gasteiger partial charge in [-0.1, -0.05) is 38.8 Å². The molecule has 1 aliphatic carbocycles. The maximum Gasteiger partial charge on any atom is 0.251 e. The molecule has 1 saturated carbocycles. The summed E-state index contributed by atoms with van der Waals surface area (Å²) in [6.45, 7) is 6.27. The van der Waals surface area contributed by atoms with Gasteiger partial charge < -0.3 is 5.32 Å². The smallest absolute Gasteiger partial charge is 0.251 e. The summed E-state index contributed by atoms with van der Waals surface area (Å²) in [7, 11) is 0. The summed E-state index contributed by atoms with van der Waals surface area (Å²) >= 11 is 5.99. The average Bonchev–Trinajstić information content (AvgIpc) is 2.74. The van der Waals surface area contributed by atoms with Gasteiger partial charge in [-0.05, 0) is 36.8 Å². The number of hydrogen-bond acceptors (Lipinski definition) is 2. The third kappa shape index (κ3) is 3.47. The lowest BCUT2D eigenvalue weighted by molar-refractivity contribution is 0.0929. The number of hydrogen-bond donors (Lipinski definition) is 1. The zero-order chi connectivity index (χ0) is 14.0. The fraction of sp³-hybridized carbons (Fsp3) is 0.600. The second-order valence-corrected chi connectivity index (χ2v) is 6.13. The lowest BCUT2D eigenvalue weighted by Gasteiger charge is -2.17. The molecule has 0 spiro atoms. The van der Waals surface area contributed by atoms with Crippen molar-refractivity contribution in [1.82, 2.24) is 10.3 Å². The number of nitrogens with one attached hydrogen (secondary N) is 1. The number of carbonyl (C=O) groups excluding carboxylic acids is 1. The molecular formula is C15H21ClN2O. The minimum Gasteiger partial charge on any atom is -0.349 e. The Morgan fingerprint density at radius 3 is 2.74 bits per heavy atom. The molecule has 4 heteroatoms. The topological polar surface area (TPSA) is 42.0 Å². The van der Waals surface area contributed by atoms with E-state index in [9.17, 15) is 4.79 Å². The summed E-state index contributed by atoms with van der Waals surface area (Å²) in [6, 6.07) is 3.77. The predicted octanol–water partition coefficient (Wildman–Crippen LogP) is 3.78. The molecule has 0 aromatic carbocycles. The van der Waals surface area contributed by atoms with Gasteiger partial charge in [0.2, 0.25) is 0 Å². The van der Waals surface area contributed by atoms with Gasteiger partial charge in [0.1, 0.15) is 5.15 Å². The molecule has 2 atom stereocenters. The number of pyridine rings is 1. The quantitative estimate of drug-likeness (QED) is 0.856. The second kappa shape index (κ2) is 5.91. The molecule has 1 aliphatic rings. The van der Waals surface area contributed by atoms with Gasteiger partial charge in [0, 0.05) is 17.3 Å². The van der Waals surface area contributed by atoms with Crippen LogP contribution >= 0.6 is 11.6 Å². The first kappa shape index (κ1) is 14.3. The summed E-state index contributed by atoms with van der Waals surface area (Å²) in [5.74, 6) is 0.784. The van der Waals surface area contributed by atoms with Crippen LogP contribution in [0, 0.1) is 5.92 Å². The maximum absolute atomic E-state index is 12.3. The van der Waals surface area contributed by atoms with E-state index >= 15 is 0 Å². The molecule has 1 aromatic rings. The van der Waals surface area contributed by atoms with Crippen LogP contribution in [0.3, 0.4) is 0 Å². The van der Waals surface area contributed by atoms with E-state index in [0.29, 0.717) is 22.7 Å². The highest BCUT2D eigenvalue weighted by Crippen LogP contribution is 2.25. The Labute approximate surface area is 119 Å². The van der Waals surface area contributed by atoms with E-state index in [1.807, 2.05) is 19.9 Å². The molecule has 104 valence electrons. The number of halogens is 1. The van der Waals surface area contributed by atoms with Crippen molar-refractivity contribution in [2.24, 2.45) is 5.92 Å². The number of amides is 1. The SMILES string of the molecule is CC(C)c1cc(C(=O)NC2CCCC2C)cc(Cl)n1. The maximum atomic E-state index is 12.3. The van der Waals surface area contributed by atoms with Crippen LogP contribution in [-0.4, -0.2) is 16.9 Å². The number of rotatable bonds is 3. The Morgan fingerprint density at radius 1 is 1.42 bits per heavy atom. The van der Waals surface area contributed by atoms with Gasteiger partial charge in [0.25, 0.3) is 5.91 Å². The zero-order valence-corrected chi connectivity index (χ0v) is 12.5. The third-order valence-corrected chi connectivity index (χ3v) is 4.04. The number of aromatic nitrogens is 1. The van der Waals surface area contributed by atoms with Crippen LogP contribution in [0.5, 0.6) is 0 Å². The van der Waals surface area contributed by atoms with Crippen LogP contribution in [0.2, 0.25) is 5.15 Å². The molecule has 0 radical (unpaired) electrons. The van der Waals surface area contributed by atoms with Crippen LogP contribution < -0.4 is 5.32 Å². The first-order valence-electron chi connectivity index (χ1n) is 6.95. The second-order valence-electron chi connectivity index (χ2n) is 5.75. The van der Waals surface area contributed by atoms with E-state index in [1.165, 1.54) is 12.8 Å². The van der Waals surface area contributed by atoms with Crippen molar-refractivity contribution in [3.8, 4) is 0 Å². The first-order chi connectivity index (χ1) is 8.97. The van der Waals surface area contributed by atoms with Crippen molar-refractivity contribution >= 4 is 17.5 Å². The van der Waals surface area contributed by atoms with Gasteiger partial charge in [-0.15, -0.1) is 0 Å². The summed E-state index contributed by atoms with van der Waals surface area (Å²) in [5, 5.41) is 3.50.